The smallest absolute Gasteiger partial charge is 0.136 e. The van der Waals surface area contributed by atoms with Crippen LogP contribution in [0, 0.1) is 0 Å². The molecule has 0 N–H and O–H groups in total. The molecule has 0 saturated carbocycles. The largest absolute Gasteiger partial charge is 0.457 e. The Labute approximate surface area is 354 Å². The fraction of sp³-hybridized carbons (Fsp3) is 0.0690. The van der Waals surface area contributed by atoms with Crippen LogP contribution in [-0.4, -0.2) is 0 Å². The van der Waals surface area contributed by atoms with Crippen LogP contribution < -0.4 is 9.64 Å². The minimum absolute atomic E-state index is 0.155. The molecule has 61 heavy (non-hydrogen) atoms. The van der Waals surface area contributed by atoms with Gasteiger partial charge in [0.05, 0.1) is 5.41 Å². The van der Waals surface area contributed by atoms with Gasteiger partial charge in [-0.1, -0.05) is 153 Å². The minimum atomic E-state index is -0.573. The first kappa shape index (κ1) is 34.3. The third-order valence-corrected chi connectivity index (χ3v) is 13.8. The Morgan fingerprint density at radius 1 is 0.377 bits per heavy atom. The minimum Gasteiger partial charge on any atom is -0.457 e. The molecule has 1 aromatic heterocycles. The third kappa shape index (κ3) is 4.63. The Kier molecular flexibility index (Phi) is 6.99. The maximum absolute atomic E-state index is 6.86. The van der Waals surface area contributed by atoms with E-state index in [1.54, 1.807) is 0 Å². The summed E-state index contributed by atoms with van der Waals surface area (Å²) in [5.41, 5.74) is 19.3. The number of nitrogens with zero attached hydrogens (tertiary/aromatic N) is 1. The average molecular weight is 782 g/mol. The summed E-state index contributed by atoms with van der Waals surface area (Å²) in [5.74, 6) is 1.76. The zero-order valence-electron chi connectivity index (χ0n) is 33.8. The highest BCUT2D eigenvalue weighted by molar-refractivity contribution is 6.12. The van der Waals surface area contributed by atoms with Crippen molar-refractivity contribution >= 4 is 39.0 Å². The van der Waals surface area contributed by atoms with E-state index in [4.69, 9.17) is 9.15 Å². The van der Waals surface area contributed by atoms with Crippen LogP contribution in [0.2, 0.25) is 0 Å². The van der Waals surface area contributed by atoms with E-state index < -0.39 is 5.41 Å². The zero-order chi connectivity index (χ0) is 40.5. The van der Waals surface area contributed by atoms with Gasteiger partial charge in [-0.3, -0.25) is 0 Å². The van der Waals surface area contributed by atoms with E-state index >= 15 is 0 Å². The van der Waals surface area contributed by atoms with Crippen molar-refractivity contribution in [3.63, 3.8) is 0 Å². The van der Waals surface area contributed by atoms with Crippen LogP contribution in [0.25, 0.3) is 55.3 Å². The van der Waals surface area contributed by atoms with Crippen LogP contribution in [0.5, 0.6) is 11.5 Å². The van der Waals surface area contributed by atoms with Gasteiger partial charge in [0.25, 0.3) is 0 Å². The van der Waals surface area contributed by atoms with Crippen molar-refractivity contribution in [1.29, 1.82) is 0 Å². The van der Waals surface area contributed by atoms with Crippen molar-refractivity contribution in [3.05, 3.63) is 234 Å². The molecule has 2 heterocycles. The lowest BCUT2D eigenvalue weighted by Gasteiger charge is -2.40. The van der Waals surface area contributed by atoms with Gasteiger partial charge in [0, 0.05) is 44.4 Å². The standard InChI is InChI=1S/C58H39NO2/c1-57(2)46-19-7-3-14-41(46)44-32-30-38(34-50(44)57)59(37-28-26-36(27-29-37)40-18-13-25-55-56(40)45-17-6-11-23-52(45)60-55)39-31-33-54-51(35-39)58(49-22-10-12-24-53(49)61-54)47-20-8-4-15-42(47)43-16-5-9-21-48(43)58/h3-35H,1-2H3. The second kappa shape index (κ2) is 12.5. The van der Waals surface area contributed by atoms with Crippen molar-refractivity contribution in [2.45, 2.75) is 24.7 Å². The number of furan rings is 1. The van der Waals surface area contributed by atoms with Crippen LogP contribution in [0.4, 0.5) is 17.1 Å². The predicted molar refractivity (Wildman–Crippen MR) is 249 cm³/mol. The lowest BCUT2D eigenvalue weighted by Crippen LogP contribution is -2.32. The predicted octanol–water partition coefficient (Wildman–Crippen LogP) is 15.5. The van der Waals surface area contributed by atoms with Crippen molar-refractivity contribution in [3.8, 4) is 44.9 Å². The molecule has 10 aromatic rings. The fourth-order valence-electron chi connectivity index (χ4n) is 11.1. The number of benzene rings is 9. The van der Waals surface area contributed by atoms with Gasteiger partial charge in [0.1, 0.15) is 22.7 Å². The first-order valence-electron chi connectivity index (χ1n) is 21.2. The van der Waals surface area contributed by atoms with Gasteiger partial charge in [-0.25, -0.2) is 0 Å². The van der Waals surface area contributed by atoms with E-state index in [9.17, 15) is 0 Å². The molecule has 1 aliphatic heterocycles. The summed E-state index contributed by atoms with van der Waals surface area (Å²) in [7, 11) is 0. The van der Waals surface area contributed by atoms with Crippen molar-refractivity contribution in [1.82, 2.24) is 0 Å². The van der Waals surface area contributed by atoms with Crippen LogP contribution in [0.3, 0.4) is 0 Å². The van der Waals surface area contributed by atoms with E-state index in [-0.39, 0.29) is 5.41 Å². The summed E-state index contributed by atoms with van der Waals surface area (Å²) in [4.78, 5) is 2.43. The van der Waals surface area contributed by atoms with E-state index in [2.05, 4.69) is 207 Å². The molecule has 9 aromatic carbocycles. The molecule has 13 rings (SSSR count). The molecule has 3 aliphatic rings. The Morgan fingerprint density at radius 3 is 1.66 bits per heavy atom. The Balaban J connectivity index is 1.03. The lowest BCUT2D eigenvalue weighted by molar-refractivity contribution is 0.436. The number of hydrogen-bond acceptors (Lipinski definition) is 3. The summed E-state index contributed by atoms with van der Waals surface area (Å²) < 4.78 is 13.2. The fourth-order valence-corrected chi connectivity index (χ4v) is 11.1. The van der Waals surface area contributed by atoms with E-state index in [1.165, 1.54) is 44.5 Å². The molecule has 3 heteroatoms. The normalized spacial score (nSPS) is 14.5. The summed E-state index contributed by atoms with van der Waals surface area (Å²) in [6.45, 7) is 4.71. The van der Waals surface area contributed by atoms with Crippen molar-refractivity contribution in [2.75, 3.05) is 4.90 Å². The molecule has 0 bridgehead atoms. The molecule has 1 spiro atoms. The molecule has 0 fully saturated rings. The Hall–Kier alpha value is -7.62. The zero-order valence-corrected chi connectivity index (χ0v) is 33.8. The van der Waals surface area contributed by atoms with Crippen molar-refractivity contribution in [2.24, 2.45) is 0 Å². The van der Waals surface area contributed by atoms with E-state index in [1.807, 2.05) is 12.1 Å². The molecular formula is C58H39NO2. The Morgan fingerprint density at radius 2 is 0.902 bits per heavy atom. The highest BCUT2D eigenvalue weighted by atomic mass is 16.5. The molecule has 0 unspecified atom stereocenters. The van der Waals surface area contributed by atoms with Crippen molar-refractivity contribution < 1.29 is 9.15 Å². The topological polar surface area (TPSA) is 25.6 Å². The number of hydrogen-bond donors (Lipinski definition) is 0. The highest BCUT2D eigenvalue weighted by Crippen LogP contribution is 2.63. The number of fused-ring (bicyclic) bond motifs is 15. The Bertz CT molecular complexity index is 3400. The van der Waals surface area contributed by atoms with E-state index in [0.29, 0.717) is 0 Å². The SMILES string of the molecule is CC1(C)c2ccccc2-c2ccc(N(c3ccc(-c4cccc5oc6ccccc6c45)cc3)c3ccc4c(c3)C3(c5ccccc5O4)c4ccccc4-c4ccccc43)cc21. The lowest BCUT2D eigenvalue weighted by atomic mass is 9.66. The summed E-state index contributed by atoms with van der Waals surface area (Å²) in [6.07, 6.45) is 0. The molecule has 288 valence electrons. The molecule has 2 aliphatic carbocycles. The maximum Gasteiger partial charge on any atom is 0.136 e. The maximum atomic E-state index is 6.86. The summed E-state index contributed by atoms with van der Waals surface area (Å²) in [6, 6.07) is 72.9. The van der Waals surface area contributed by atoms with Gasteiger partial charge >= 0.3 is 0 Å². The molecule has 0 saturated heterocycles. The first-order valence-corrected chi connectivity index (χ1v) is 21.2. The summed E-state index contributed by atoms with van der Waals surface area (Å²) in [5, 5.41) is 2.27. The number of ether oxygens (including phenoxy) is 1. The monoisotopic (exact) mass is 781 g/mol. The molecular weight excluding hydrogens is 743 g/mol. The van der Waals surface area contributed by atoms with Gasteiger partial charge in [-0.15, -0.1) is 0 Å². The van der Waals surface area contributed by atoms with Crippen LogP contribution in [0.15, 0.2) is 205 Å². The quantitative estimate of drug-likeness (QED) is 0.178. The van der Waals surface area contributed by atoms with Crippen LogP contribution in [0.1, 0.15) is 47.2 Å². The third-order valence-electron chi connectivity index (χ3n) is 13.8. The number of para-hydroxylation sites is 2. The van der Waals surface area contributed by atoms with Gasteiger partial charge in [-0.05, 0) is 116 Å². The molecule has 0 radical (unpaired) electrons. The molecule has 0 amide bonds. The van der Waals surface area contributed by atoms with Crippen LogP contribution in [-0.2, 0) is 10.8 Å². The average Bonchev–Trinajstić information content (AvgIpc) is 3.91. The second-order valence-corrected chi connectivity index (χ2v) is 17.2. The van der Waals surface area contributed by atoms with E-state index in [0.717, 1.165) is 72.8 Å². The first-order chi connectivity index (χ1) is 30.0. The van der Waals surface area contributed by atoms with Gasteiger partial charge in [0.15, 0.2) is 0 Å². The highest BCUT2D eigenvalue weighted by Gasteiger charge is 2.51. The van der Waals surface area contributed by atoms with Gasteiger partial charge < -0.3 is 14.1 Å². The number of anilines is 3. The van der Waals surface area contributed by atoms with Gasteiger partial charge in [0.2, 0.25) is 0 Å². The second-order valence-electron chi connectivity index (χ2n) is 17.2. The van der Waals surface area contributed by atoms with Gasteiger partial charge in [-0.2, -0.15) is 0 Å². The molecule has 0 atom stereocenters. The number of rotatable bonds is 4. The summed E-state index contributed by atoms with van der Waals surface area (Å²) >= 11 is 0. The van der Waals surface area contributed by atoms with Crippen LogP contribution >= 0.6 is 0 Å². The molecule has 3 nitrogen and oxygen atoms in total.